The van der Waals surface area contributed by atoms with Crippen LogP contribution in [0, 0.1) is 5.92 Å². The molecule has 2 N–H and O–H groups in total. The molecule has 8 heteroatoms. The van der Waals surface area contributed by atoms with E-state index < -0.39 is 0 Å². The summed E-state index contributed by atoms with van der Waals surface area (Å²) in [4.78, 5) is 20.9. The molecule has 3 aromatic rings. The summed E-state index contributed by atoms with van der Waals surface area (Å²) in [5.74, 6) is 1.58. The van der Waals surface area contributed by atoms with Crippen molar-refractivity contribution in [3.05, 3.63) is 66.5 Å². The van der Waals surface area contributed by atoms with Gasteiger partial charge in [0, 0.05) is 18.9 Å². The van der Waals surface area contributed by atoms with E-state index in [2.05, 4.69) is 25.7 Å². The molecule has 0 fully saturated rings. The molecule has 0 aliphatic rings. The van der Waals surface area contributed by atoms with Crippen LogP contribution in [-0.4, -0.2) is 25.8 Å². The molecule has 0 unspecified atom stereocenters. The third kappa shape index (κ3) is 5.06. The van der Waals surface area contributed by atoms with Crippen molar-refractivity contribution in [2.45, 2.75) is 26.5 Å². The summed E-state index contributed by atoms with van der Waals surface area (Å²) in [5.41, 5.74) is 1.52. The van der Waals surface area contributed by atoms with Crippen molar-refractivity contribution >= 4 is 11.7 Å². The van der Waals surface area contributed by atoms with Gasteiger partial charge in [0.2, 0.25) is 0 Å². The third-order valence-electron chi connectivity index (χ3n) is 4.20. The van der Waals surface area contributed by atoms with Crippen molar-refractivity contribution in [1.82, 2.24) is 25.1 Å². The number of carbonyl (C=O) groups excluding carboxylic acids is 1. The van der Waals surface area contributed by atoms with Gasteiger partial charge < -0.3 is 15.4 Å². The van der Waals surface area contributed by atoms with Crippen LogP contribution in [0.4, 0.5) is 10.5 Å². The van der Waals surface area contributed by atoms with Crippen LogP contribution < -0.4 is 15.4 Å². The minimum Gasteiger partial charge on any atom is -0.487 e. The highest BCUT2D eigenvalue weighted by molar-refractivity contribution is 5.89. The number of hydrogen-bond donors (Lipinski definition) is 2. The third-order valence-corrected chi connectivity index (χ3v) is 4.20. The minimum absolute atomic E-state index is 0.163. The Balaban J connectivity index is 1.55. The van der Waals surface area contributed by atoms with Crippen LogP contribution in [-0.2, 0) is 13.7 Å². The predicted molar refractivity (Wildman–Crippen MR) is 106 cm³/mol. The monoisotopic (exact) mass is 380 g/mol. The molecule has 0 aliphatic heterocycles. The Hall–Kier alpha value is -3.42. The maximum absolute atomic E-state index is 12.4. The van der Waals surface area contributed by atoms with Crippen LogP contribution in [0.15, 0.2) is 55.0 Å². The Morgan fingerprint density at radius 3 is 2.54 bits per heavy atom. The van der Waals surface area contributed by atoms with E-state index in [0.29, 0.717) is 23.9 Å². The zero-order valence-corrected chi connectivity index (χ0v) is 16.2. The summed E-state index contributed by atoms with van der Waals surface area (Å²) in [6.45, 7) is 4.43. The number of nitrogens with zero attached hydrogens (tertiary/aromatic N) is 4. The summed E-state index contributed by atoms with van der Waals surface area (Å²) in [6.07, 6.45) is 3.21. The number of amides is 2. The number of rotatable bonds is 7. The van der Waals surface area contributed by atoms with E-state index >= 15 is 0 Å². The number of anilines is 1. The number of benzene rings is 1. The molecular formula is C20H24N6O2. The molecule has 3 rings (SSSR count). The highest BCUT2D eigenvalue weighted by Gasteiger charge is 2.22. The van der Waals surface area contributed by atoms with Gasteiger partial charge in [-0.05, 0) is 42.3 Å². The fraction of sp³-hybridized carbons (Fsp3) is 0.300. The molecule has 1 aromatic carbocycles. The Morgan fingerprint density at radius 1 is 1.14 bits per heavy atom. The topological polar surface area (TPSA) is 94.0 Å². The first-order valence-electron chi connectivity index (χ1n) is 9.07. The number of hydrogen-bond acceptors (Lipinski definition) is 5. The van der Waals surface area contributed by atoms with Gasteiger partial charge in [0.15, 0.2) is 0 Å². The number of nitrogens with one attached hydrogen (secondary N) is 2. The Kier molecular flexibility index (Phi) is 6.21. The smallest absolute Gasteiger partial charge is 0.319 e. The second-order valence-corrected chi connectivity index (χ2v) is 6.70. The van der Waals surface area contributed by atoms with E-state index in [1.165, 1.54) is 6.33 Å². The molecule has 0 radical (unpaired) electrons. The second kappa shape index (κ2) is 8.98. The van der Waals surface area contributed by atoms with Gasteiger partial charge in [-0.15, -0.1) is 0 Å². The quantitative estimate of drug-likeness (QED) is 0.656. The largest absolute Gasteiger partial charge is 0.487 e. The lowest BCUT2D eigenvalue weighted by atomic mass is 10.0. The fourth-order valence-corrected chi connectivity index (χ4v) is 2.70. The average Bonchev–Trinajstić information content (AvgIpc) is 3.12. The summed E-state index contributed by atoms with van der Waals surface area (Å²) >= 11 is 0. The first-order valence-corrected chi connectivity index (χ1v) is 9.07. The fourth-order valence-electron chi connectivity index (χ4n) is 2.70. The van der Waals surface area contributed by atoms with E-state index in [1.807, 2.05) is 32.0 Å². The number of ether oxygens (including phenoxy) is 1. The van der Waals surface area contributed by atoms with Crippen LogP contribution in [0.2, 0.25) is 0 Å². The lowest BCUT2D eigenvalue weighted by Crippen LogP contribution is -2.36. The Labute approximate surface area is 164 Å². The van der Waals surface area contributed by atoms with E-state index in [-0.39, 0.29) is 18.0 Å². The molecule has 2 amide bonds. The average molecular weight is 380 g/mol. The SMILES string of the molecule is CC(C)[C@@H](NC(=O)Nc1ccc(OCc2ccccn2)cc1)c1ncnn1C. The van der Waals surface area contributed by atoms with Gasteiger partial charge in [0.05, 0.1) is 11.7 Å². The molecule has 2 aromatic heterocycles. The van der Waals surface area contributed by atoms with Gasteiger partial charge in [0.25, 0.3) is 0 Å². The Bertz CT molecular complexity index is 893. The van der Waals surface area contributed by atoms with Gasteiger partial charge in [-0.25, -0.2) is 9.78 Å². The van der Waals surface area contributed by atoms with Gasteiger partial charge in [-0.1, -0.05) is 19.9 Å². The molecule has 1 atom stereocenters. The lowest BCUT2D eigenvalue weighted by molar-refractivity contribution is 0.243. The number of aromatic nitrogens is 4. The van der Waals surface area contributed by atoms with Crippen LogP contribution in [0.25, 0.3) is 0 Å². The van der Waals surface area contributed by atoms with Gasteiger partial charge in [0.1, 0.15) is 24.5 Å². The summed E-state index contributed by atoms with van der Waals surface area (Å²) in [6, 6.07) is 12.3. The van der Waals surface area contributed by atoms with Crippen molar-refractivity contribution in [2.75, 3.05) is 5.32 Å². The standard InChI is InChI=1S/C20H24N6O2/c1-14(2)18(19-22-13-23-26(19)3)25-20(27)24-15-7-9-17(10-8-15)28-12-16-6-4-5-11-21-16/h4-11,13-14,18H,12H2,1-3H3,(H2,24,25,27)/t18-/m1/s1. The molecule has 0 saturated carbocycles. The molecule has 0 bridgehead atoms. The van der Waals surface area contributed by atoms with E-state index in [0.717, 1.165) is 5.69 Å². The minimum atomic E-state index is -0.302. The maximum Gasteiger partial charge on any atom is 0.319 e. The molecule has 8 nitrogen and oxygen atoms in total. The Morgan fingerprint density at radius 2 is 1.93 bits per heavy atom. The normalized spacial score (nSPS) is 11.9. The molecule has 0 aliphatic carbocycles. The number of urea groups is 1. The van der Waals surface area contributed by atoms with Crippen molar-refractivity contribution in [3.63, 3.8) is 0 Å². The van der Waals surface area contributed by atoms with Gasteiger partial charge >= 0.3 is 6.03 Å². The van der Waals surface area contributed by atoms with E-state index in [4.69, 9.17) is 4.74 Å². The molecule has 2 heterocycles. The van der Waals surface area contributed by atoms with Gasteiger partial charge in [-0.3, -0.25) is 9.67 Å². The van der Waals surface area contributed by atoms with Crippen LogP contribution >= 0.6 is 0 Å². The first-order chi connectivity index (χ1) is 13.5. The number of aryl methyl sites for hydroxylation is 1. The van der Waals surface area contributed by atoms with Crippen LogP contribution in [0.1, 0.15) is 31.4 Å². The van der Waals surface area contributed by atoms with Crippen molar-refractivity contribution in [2.24, 2.45) is 13.0 Å². The maximum atomic E-state index is 12.4. The molecule has 28 heavy (non-hydrogen) atoms. The first kappa shape index (κ1) is 19.3. The molecule has 146 valence electrons. The molecular weight excluding hydrogens is 356 g/mol. The molecule has 0 saturated heterocycles. The summed E-state index contributed by atoms with van der Waals surface area (Å²) in [7, 11) is 1.81. The zero-order valence-electron chi connectivity index (χ0n) is 16.2. The number of pyridine rings is 1. The predicted octanol–water partition coefficient (Wildman–Crippen LogP) is 3.31. The summed E-state index contributed by atoms with van der Waals surface area (Å²) in [5, 5.41) is 9.87. The van der Waals surface area contributed by atoms with Crippen molar-refractivity contribution in [1.29, 1.82) is 0 Å². The summed E-state index contributed by atoms with van der Waals surface area (Å²) < 4.78 is 7.37. The van der Waals surface area contributed by atoms with E-state index in [1.54, 1.807) is 42.2 Å². The lowest BCUT2D eigenvalue weighted by Gasteiger charge is -2.21. The highest BCUT2D eigenvalue weighted by Crippen LogP contribution is 2.20. The van der Waals surface area contributed by atoms with Crippen LogP contribution in [0.3, 0.4) is 0 Å². The zero-order chi connectivity index (χ0) is 19.9. The number of carbonyl (C=O) groups is 1. The van der Waals surface area contributed by atoms with Crippen LogP contribution in [0.5, 0.6) is 5.75 Å². The van der Waals surface area contributed by atoms with Crippen molar-refractivity contribution in [3.8, 4) is 5.75 Å². The van der Waals surface area contributed by atoms with E-state index in [9.17, 15) is 4.79 Å². The highest BCUT2D eigenvalue weighted by atomic mass is 16.5. The second-order valence-electron chi connectivity index (χ2n) is 6.70. The molecule has 0 spiro atoms. The van der Waals surface area contributed by atoms with Crippen molar-refractivity contribution < 1.29 is 9.53 Å². The van der Waals surface area contributed by atoms with Gasteiger partial charge in [-0.2, -0.15) is 5.10 Å².